The Bertz CT molecular complexity index is 997. The molecule has 0 heterocycles. The smallest absolute Gasteiger partial charge is 0.422 e. The molecule has 2 aromatic carbocycles. The van der Waals surface area contributed by atoms with Crippen LogP contribution in [0.2, 0.25) is 0 Å². The van der Waals surface area contributed by atoms with E-state index in [0.29, 0.717) is 5.56 Å². The maximum atomic E-state index is 12.3. The van der Waals surface area contributed by atoms with E-state index >= 15 is 0 Å². The summed E-state index contributed by atoms with van der Waals surface area (Å²) in [7, 11) is -3.83. The van der Waals surface area contributed by atoms with Gasteiger partial charge in [0.05, 0.1) is 11.4 Å². The van der Waals surface area contributed by atoms with Gasteiger partial charge in [-0.2, -0.15) is 17.9 Å². The number of sulfonamides is 1. The van der Waals surface area contributed by atoms with Crippen LogP contribution in [0.5, 0.6) is 5.75 Å². The van der Waals surface area contributed by atoms with Crippen molar-refractivity contribution in [3.63, 3.8) is 0 Å². The zero-order valence-electron chi connectivity index (χ0n) is 15.0. The van der Waals surface area contributed by atoms with Gasteiger partial charge in [0.15, 0.2) is 6.61 Å². The van der Waals surface area contributed by atoms with Gasteiger partial charge in [-0.25, -0.2) is 8.42 Å². The topological polar surface area (TPSA) is 84.5 Å². The monoisotopic (exact) mass is 426 g/mol. The zero-order chi connectivity index (χ0) is 21.5. The molecule has 0 radical (unpaired) electrons. The lowest BCUT2D eigenvalue weighted by Crippen LogP contribution is -2.25. The average molecular weight is 426 g/mol. The average Bonchev–Trinajstić information content (AvgIpc) is 2.69. The SMILES string of the molecule is C#CCNS(=O)(=O)c1cccc(C(=O)NCc2ccc(OCC(F)(F)F)cc2)c1. The summed E-state index contributed by atoms with van der Waals surface area (Å²) < 4.78 is 67.3. The third kappa shape index (κ3) is 7.14. The molecule has 0 aliphatic rings. The van der Waals surface area contributed by atoms with E-state index in [9.17, 15) is 26.4 Å². The molecule has 0 spiro atoms. The summed E-state index contributed by atoms with van der Waals surface area (Å²) >= 11 is 0. The Hall–Kier alpha value is -3.03. The van der Waals surface area contributed by atoms with Gasteiger partial charge < -0.3 is 10.1 Å². The molecule has 0 atom stereocenters. The van der Waals surface area contributed by atoms with Crippen molar-refractivity contribution in [2.24, 2.45) is 0 Å². The molecule has 154 valence electrons. The lowest BCUT2D eigenvalue weighted by Gasteiger charge is -2.10. The summed E-state index contributed by atoms with van der Waals surface area (Å²) in [6, 6.07) is 11.1. The number of amides is 1. The molecule has 0 unspecified atom stereocenters. The van der Waals surface area contributed by atoms with Crippen molar-refractivity contribution in [1.82, 2.24) is 10.0 Å². The number of carbonyl (C=O) groups excluding carboxylic acids is 1. The number of nitrogens with one attached hydrogen (secondary N) is 2. The van der Waals surface area contributed by atoms with E-state index in [1.807, 2.05) is 0 Å². The van der Waals surface area contributed by atoms with E-state index in [-0.39, 0.29) is 29.3 Å². The van der Waals surface area contributed by atoms with Gasteiger partial charge in [-0.3, -0.25) is 4.79 Å². The van der Waals surface area contributed by atoms with Crippen molar-refractivity contribution in [2.45, 2.75) is 17.6 Å². The predicted octanol–water partition coefficient (Wildman–Crippen LogP) is 2.47. The molecular weight excluding hydrogens is 409 g/mol. The summed E-state index contributed by atoms with van der Waals surface area (Å²) in [6.45, 7) is -1.48. The molecular formula is C19H17F3N2O4S. The predicted molar refractivity (Wildman–Crippen MR) is 99.6 cm³/mol. The van der Waals surface area contributed by atoms with Crippen LogP contribution in [0.4, 0.5) is 13.2 Å². The first-order valence-corrected chi connectivity index (χ1v) is 9.69. The van der Waals surface area contributed by atoms with Crippen LogP contribution in [-0.2, 0) is 16.6 Å². The summed E-state index contributed by atoms with van der Waals surface area (Å²) in [5.74, 6) is 1.69. The van der Waals surface area contributed by atoms with Crippen molar-refractivity contribution in [2.75, 3.05) is 13.2 Å². The number of ether oxygens (including phenoxy) is 1. The highest BCUT2D eigenvalue weighted by Crippen LogP contribution is 2.19. The summed E-state index contributed by atoms with van der Waals surface area (Å²) in [4.78, 5) is 12.2. The molecule has 2 N–H and O–H groups in total. The summed E-state index contributed by atoms with van der Waals surface area (Å²) in [5, 5.41) is 2.61. The van der Waals surface area contributed by atoms with Crippen molar-refractivity contribution in [3.8, 4) is 18.1 Å². The van der Waals surface area contributed by atoms with Crippen molar-refractivity contribution < 1.29 is 31.1 Å². The Balaban J connectivity index is 1.97. The molecule has 0 aliphatic carbocycles. The number of hydrogen-bond donors (Lipinski definition) is 2. The molecule has 6 nitrogen and oxygen atoms in total. The van der Waals surface area contributed by atoms with Crippen molar-refractivity contribution in [3.05, 3.63) is 59.7 Å². The standard InChI is InChI=1S/C19H17F3N2O4S/c1-2-10-24-29(26,27)17-5-3-4-15(11-17)18(25)23-12-14-6-8-16(9-7-14)28-13-19(20,21)22/h1,3-9,11,24H,10,12-13H2,(H,23,25). The Morgan fingerprint density at radius 2 is 1.83 bits per heavy atom. The third-order valence-corrected chi connectivity index (χ3v) is 4.95. The molecule has 10 heteroatoms. The molecule has 1 amide bonds. The number of hydrogen-bond acceptors (Lipinski definition) is 4. The van der Waals surface area contributed by atoms with Gasteiger partial charge in [0.25, 0.3) is 5.91 Å². The van der Waals surface area contributed by atoms with Crippen LogP contribution in [0.15, 0.2) is 53.4 Å². The van der Waals surface area contributed by atoms with Gasteiger partial charge in [-0.1, -0.05) is 24.1 Å². The summed E-state index contributed by atoms with van der Waals surface area (Å²) in [6.07, 6.45) is 0.607. The van der Waals surface area contributed by atoms with Gasteiger partial charge in [0, 0.05) is 12.1 Å². The Morgan fingerprint density at radius 3 is 2.45 bits per heavy atom. The second-order valence-electron chi connectivity index (χ2n) is 5.79. The largest absolute Gasteiger partial charge is 0.484 e. The first kappa shape index (κ1) is 22.3. The van der Waals surface area contributed by atoms with Crippen LogP contribution < -0.4 is 14.8 Å². The van der Waals surface area contributed by atoms with Gasteiger partial charge >= 0.3 is 6.18 Å². The lowest BCUT2D eigenvalue weighted by atomic mass is 10.2. The van der Waals surface area contributed by atoms with Gasteiger partial charge in [-0.05, 0) is 35.9 Å². The highest BCUT2D eigenvalue weighted by molar-refractivity contribution is 7.89. The molecule has 2 aromatic rings. The van der Waals surface area contributed by atoms with Crippen LogP contribution in [0.1, 0.15) is 15.9 Å². The Morgan fingerprint density at radius 1 is 1.14 bits per heavy atom. The maximum Gasteiger partial charge on any atom is 0.422 e. The molecule has 0 saturated carbocycles. The van der Waals surface area contributed by atoms with E-state index in [1.165, 1.54) is 48.5 Å². The Kier molecular flexibility index (Phi) is 7.25. The van der Waals surface area contributed by atoms with Crippen LogP contribution in [0.25, 0.3) is 0 Å². The van der Waals surface area contributed by atoms with Crippen LogP contribution in [0.3, 0.4) is 0 Å². The van der Waals surface area contributed by atoms with Gasteiger partial charge in [0.1, 0.15) is 5.75 Å². The number of halogens is 3. The number of benzene rings is 2. The molecule has 29 heavy (non-hydrogen) atoms. The van der Waals surface area contributed by atoms with E-state index < -0.39 is 28.7 Å². The molecule has 0 fully saturated rings. The molecule has 0 saturated heterocycles. The number of terminal acetylenes is 1. The zero-order valence-corrected chi connectivity index (χ0v) is 15.8. The highest BCUT2D eigenvalue weighted by Gasteiger charge is 2.28. The van der Waals surface area contributed by atoms with E-state index in [2.05, 4.69) is 20.7 Å². The number of rotatable bonds is 8. The second kappa shape index (κ2) is 9.45. The van der Waals surface area contributed by atoms with Crippen molar-refractivity contribution >= 4 is 15.9 Å². The summed E-state index contributed by atoms with van der Waals surface area (Å²) in [5.41, 5.74) is 0.746. The number of alkyl halides is 3. The second-order valence-corrected chi connectivity index (χ2v) is 7.55. The molecule has 2 rings (SSSR count). The van der Waals surface area contributed by atoms with Gasteiger partial charge in [-0.15, -0.1) is 6.42 Å². The quantitative estimate of drug-likeness (QED) is 0.636. The first-order valence-electron chi connectivity index (χ1n) is 8.20. The minimum absolute atomic E-state index is 0.0507. The molecule has 0 bridgehead atoms. The fourth-order valence-corrected chi connectivity index (χ4v) is 3.16. The fourth-order valence-electron chi connectivity index (χ4n) is 2.18. The van der Waals surface area contributed by atoms with E-state index in [1.54, 1.807) is 0 Å². The van der Waals surface area contributed by atoms with Crippen LogP contribution in [-0.4, -0.2) is 33.7 Å². The fraction of sp³-hybridized carbons (Fsp3) is 0.211. The normalized spacial score (nSPS) is 11.5. The Labute approximate surface area is 166 Å². The maximum absolute atomic E-state index is 12.3. The van der Waals surface area contributed by atoms with Crippen molar-refractivity contribution in [1.29, 1.82) is 0 Å². The first-order chi connectivity index (χ1) is 13.6. The molecule has 0 aliphatic heterocycles. The number of carbonyl (C=O) groups is 1. The van der Waals surface area contributed by atoms with E-state index in [0.717, 1.165) is 0 Å². The lowest BCUT2D eigenvalue weighted by molar-refractivity contribution is -0.153. The highest BCUT2D eigenvalue weighted by atomic mass is 32.2. The minimum atomic E-state index is -4.43. The minimum Gasteiger partial charge on any atom is -0.484 e. The van der Waals surface area contributed by atoms with Crippen LogP contribution >= 0.6 is 0 Å². The van der Waals surface area contributed by atoms with Gasteiger partial charge in [0.2, 0.25) is 10.0 Å². The van der Waals surface area contributed by atoms with E-state index in [4.69, 9.17) is 6.42 Å². The third-order valence-electron chi connectivity index (χ3n) is 3.55. The van der Waals surface area contributed by atoms with Crippen LogP contribution in [0, 0.1) is 12.3 Å². The molecule has 0 aromatic heterocycles.